The lowest BCUT2D eigenvalue weighted by Crippen LogP contribution is -2.42. The van der Waals surface area contributed by atoms with Crippen molar-refractivity contribution in [3.63, 3.8) is 0 Å². The maximum Gasteiger partial charge on any atom is 0.253 e. The van der Waals surface area contributed by atoms with E-state index in [4.69, 9.17) is 4.74 Å². The summed E-state index contributed by atoms with van der Waals surface area (Å²) in [5.74, 6) is 1.45. The number of carbonyl (C=O) groups is 1. The summed E-state index contributed by atoms with van der Waals surface area (Å²) in [5, 5.41) is 10.1. The van der Waals surface area contributed by atoms with E-state index in [2.05, 4.69) is 19.9 Å². The molecule has 0 radical (unpaired) electrons. The van der Waals surface area contributed by atoms with E-state index in [1.807, 2.05) is 47.4 Å². The van der Waals surface area contributed by atoms with Crippen LogP contribution >= 0.6 is 0 Å². The van der Waals surface area contributed by atoms with Crippen molar-refractivity contribution >= 4 is 5.91 Å². The largest absolute Gasteiger partial charge is 0.493 e. The Morgan fingerprint density at radius 3 is 2.65 bits per heavy atom. The molecule has 4 rings (SSSR count). The Labute approximate surface area is 154 Å². The van der Waals surface area contributed by atoms with Gasteiger partial charge in [0.15, 0.2) is 0 Å². The van der Waals surface area contributed by atoms with Crippen molar-refractivity contribution in [2.45, 2.75) is 25.7 Å². The molecule has 4 nitrogen and oxygen atoms in total. The highest BCUT2D eigenvalue weighted by Crippen LogP contribution is 2.49. The average molecular weight is 351 g/mol. The molecular weight excluding hydrogens is 326 g/mol. The lowest BCUT2D eigenvalue weighted by molar-refractivity contribution is 0.0440. The third-order valence-corrected chi connectivity index (χ3v) is 5.88. The SMILES string of the molecule is CC(C)c1ccc(C(=O)N2C[C@@H]3c4ccccc4OC[C@]3(CO)C2)cc1. The van der Waals surface area contributed by atoms with Gasteiger partial charge >= 0.3 is 0 Å². The van der Waals surface area contributed by atoms with Gasteiger partial charge < -0.3 is 14.7 Å². The molecule has 2 aliphatic rings. The molecule has 0 aromatic heterocycles. The number of carbonyl (C=O) groups excluding carboxylic acids is 1. The van der Waals surface area contributed by atoms with Gasteiger partial charge in [0, 0.05) is 24.6 Å². The molecule has 2 aliphatic heterocycles. The van der Waals surface area contributed by atoms with E-state index in [0.29, 0.717) is 31.2 Å². The summed E-state index contributed by atoms with van der Waals surface area (Å²) in [6, 6.07) is 15.8. The van der Waals surface area contributed by atoms with Crippen LogP contribution in [-0.4, -0.2) is 42.2 Å². The number of ether oxygens (including phenoxy) is 1. The number of nitrogens with zero attached hydrogens (tertiary/aromatic N) is 1. The quantitative estimate of drug-likeness (QED) is 0.922. The van der Waals surface area contributed by atoms with Gasteiger partial charge in [-0.15, -0.1) is 0 Å². The molecule has 26 heavy (non-hydrogen) atoms. The minimum atomic E-state index is -0.415. The third-order valence-electron chi connectivity index (χ3n) is 5.88. The summed E-state index contributed by atoms with van der Waals surface area (Å²) in [6.45, 7) is 5.89. The van der Waals surface area contributed by atoms with Crippen LogP contribution in [0.15, 0.2) is 48.5 Å². The number of hydrogen-bond donors (Lipinski definition) is 1. The molecular formula is C22H25NO3. The summed E-state index contributed by atoms with van der Waals surface area (Å²) >= 11 is 0. The topological polar surface area (TPSA) is 49.8 Å². The minimum Gasteiger partial charge on any atom is -0.493 e. The molecule has 1 saturated heterocycles. The Hall–Kier alpha value is -2.33. The predicted molar refractivity (Wildman–Crippen MR) is 101 cm³/mol. The normalized spacial score (nSPS) is 24.2. The first-order chi connectivity index (χ1) is 12.5. The zero-order chi connectivity index (χ0) is 18.3. The van der Waals surface area contributed by atoms with Crippen molar-refractivity contribution in [3.05, 3.63) is 65.2 Å². The number of fused-ring (bicyclic) bond motifs is 3. The fraction of sp³-hybridized carbons (Fsp3) is 0.409. The number of aliphatic hydroxyl groups excluding tert-OH is 1. The summed E-state index contributed by atoms with van der Waals surface area (Å²) in [4.78, 5) is 14.9. The first kappa shape index (κ1) is 17.1. The number of para-hydroxylation sites is 1. The molecule has 0 unspecified atom stereocenters. The fourth-order valence-electron chi connectivity index (χ4n) is 4.22. The third kappa shape index (κ3) is 2.69. The van der Waals surface area contributed by atoms with Crippen molar-refractivity contribution in [2.24, 2.45) is 5.41 Å². The van der Waals surface area contributed by atoms with Crippen molar-refractivity contribution < 1.29 is 14.6 Å². The number of rotatable bonds is 3. The Balaban J connectivity index is 1.61. The smallest absolute Gasteiger partial charge is 0.253 e. The lowest BCUT2D eigenvalue weighted by atomic mass is 9.74. The van der Waals surface area contributed by atoms with Gasteiger partial charge in [-0.25, -0.2) is 0 Å². The summed E-state index contributed by atoms with van der Waals surface area (Å²) < 4.78 is 5.91. The monoisotopic (exact) mass is 351 g/mol. The number of benzene rings is 2. The Morgan fingerprint density at radius 2 is 1.96 bits per heavy atom. The standard InChI is InChI=1S/C22H25NO3/c1-15(2)16-7-9-17(10-8-16)21(25)23-11-19-18-5-3-4-6-20(18)26-14-22(19,12-23)13-24/h3-10,15,19,24H,11-14H2,1-2H3/t19-,22-/m1/s1. The first-order valence-electron chi connectivity index (χ1n) is 9.26. The molecule has 2 aromatic carbocycles. The highest BCUT2D eigenvalue weighted by Gasteiger charge is 2.52. The van der Waals surface area contributed by atoms with Crippen LogP contribution in [0.1, 0.15) is 47.2 Å². The van der Waals surface area contributed by atoms with Gasteiger partial charge in [0.1, 0.15) is 5.75 Å². The molecule has 0 aliphatic carbocycles. The lowest BCUT2D eigenvalue weighted by Gasteiger charge is -2.37. The van der Waals surface area contributed by atoms with Gasteiger partial charge in [-0.1, -0.05) is 44.2 Å². The Morgan fingerprint density at radius 1 is 1.23 bits per heavy atom. The van der Waals surface area contributed by atoms with Gasteiger partial charge in [0.05, 0.1) is 18.6 Å². The molecule has 1 N–H and O–H groups in total. The molecule has 2 atom stereocenters. The zero-order valence-corrected chi connectivity index (χ0v) is 15.3. The number of likely N-dealkylation sites (tertiary alicyclic amines) is 1. The van der Waals surface area contributed by atoms with E-state index in [1.54, 1.807) is 0 Å². The number of aliphatic hydroxyl groups is 1. The van der Waals surface area contributed by atoms with Gasteiger partial charge in [0.2, 0.25) is 0 Å². The summed E-state index contributed by atoms with van der Waals surface area (Å²) in [5.41, 5.74) is 2.61. The van der Waals surface area contributed by atoms with Crippen LogP contribution in [0.4, 0.5) is 0 Å². The molecule has 0 saturated carbocycles. The second-order valence-electron chi connectivity index (χ2n) is 7.86. The van der Waals surface area contributed by atoms with Crippen LogP contribution in [-0.2, 0) is 0 Å². The highest BCUT2D eigenvalue weighted by atomic mass is 16.5. The summed E-state index contributed by atoms with van der Waals surface area (Å²) in [6.07, 6.45) is 0. The van der Waals surface area contributed by atoms with Crippen LogP contribution in [0.3, 0.4) is 0 Å². The maximum absolute atomic E-state index is 13.0. The van der Waals surface area contributed by atoms with Gasteiger partial charge in [-0.2, -0.15) is 0 Å². The van der Waals surface area contributed by atoms with Crippen molar-refractivity contribution in [3.8, 4) is 5.75 Å². The van der Waals surface area contributed by atoms with Crippen LogP contribution in [0.2, 0.25) is 0 Å². The van der Waals surface area contributed by atoms with E-state index in [-0.39, 0.29) is 18.4 Å². The van der Waals surface area contributed by atoms with Crippen LogP contribution in [0, 0.1) is 5.41 Å². The van der Waals surface area contributed by atoms with Gasteiger partial charge in [-0.3, -0.25) is 4.79 Å². The number of hydrogen-bond acceptors (Lipinski definition) is 3. The van der Waals surface area contributed by atoms with E-state index in [0.717, 1.165) is 11.3 Å². The Kier molecular flexibility index (Phi) is 4.23. The molecule has 2 aromatic rings. The zero-order valence-electron chi connectivity index (χ0n) is 15.3. The van der Waals surface area contributed by atoms with Crippen molar-refractivity contribution in [2.75, 3.05) is 26.3 Å². The van der Waals surface area contributed by atoms with E-state index < -0.39 is 5.41 Å². The van der Waals surface area contributed by atoms with Crippen LogP contribution in [0.25, 0.3) is 0 Å². The van der Waals surface area contributed by atoms with Crippen molar-refractivity contribution in [1.29, 1.82) is 0 Å². The van der Waals surface area contributed by atoms with E-state index >= 15 is 0 Å². The predicted octanol–water partition coefficient (Wildman–Crippen LogP) is 3.42. The number of amides is 1. The second-order valence-corrected chi connectivity index (χ2v) is 7.86. The highest BCUT2D eigenvalue weighted by molar-refractivity contribution is 5.94. The van der Waals surface area contributed by atoms with Gasteiger partial charge in [0.25, 0.3) is 5.91 Å². The molecule has 0 bridgehead atoms. The first-order valence-corrected chi connectivity index (χ1v) is 9.26. The van der Waals surface area contributed by atoms with Gasteiger partial charge in [-0.05, 0) is 35.2 Å². The molecule has 2 heterocycles. The minimum absolute atomic E-state index is 0.0159. The second kappa shape index (κ2) is 6.44. The Bertz CT molecular complexity index is 814. The molecule has 0 spiro atoms. The van der Waals surface area contributed by atoms with Crippen LogP contribution < -0.4 is 4.74 Å². The average Bonchev–Trinajstić information content (AvgIpc) is 3.08. The molecule has 4 heteroatoms. The molecule has 1 amide bonds. The maximum atomic E-state index is 13.0. The molecule has 136 valence electrons. The molecule has 1 fully saturated rings. The van der Waals surface area contributed by atoms with E-state index in [9.17, 15) is 9.90 Å². The van der Waals surface area contributed by atoms with Crippen molar-refractivity contribution in [1.82, 2.24) is 4.90 Å². The van der Waals surface area contributed by atoms with E-state index in [1.165, 1.54) is 5.56 Å². The summed E-state index contributed by atoms with van der Waals surface area (Å²) in [7, 11) is 0. The van der Waals surface area contributed by atoms with Crippen LogP contribution in [0.5, 0.6) is 5.75 Å². The fourth-order valence-corrected chi connectivity index (χ4v) is 4.22.